The lowest BCUT2D eigenvalue weighted by Gasteiger charge is -2.00. The van der Waals surface area contributed by atoms with Crippen molar-refractivity contribution in [2.75, 3.05) is 0 Å². The molecule has 0 saturated heterocycles. The van der Waals surface area contributed by atoms with Crippen molar-refractivity contribution in [2.24, 2.45) is 0 Å². The summed E-state index contributed by atoms with van der Waals surface area (Å²) in [6.07, 6.45) is -3.61. The highest BCUT2D eigenvalue weighted by Gasteiger charge is 2.36. The fourth-order valence-corrected chi connectivity index (χ4v) is 1.00. The van der Waals surface area contributed by atoms with Crippen molar-refractivity contribution in [1.82, 2.24) is 9.78 Å². The standard InChI is InChI=1S/C6H3ClF3N3/c7-4-3-13(2-1-11)12-5(4)6(8,9)10/h3H,2H2. The van der Waals surface area contributed by atoms with Gasteiger partial charge in [-0.1, -0.05) is 11.6 Å². The molecular formula is C6H3ClF3N3. The molecule has 0 spiro atoms. The smallest absolute Gasteiger partial charge is 0.256 e. The van der Waals surface area contributed by atoms with Gasteiger partial charge in [-0.15, -0.1) is 0 Å². The number of halogens is 4. The Bertz CT molecular complexity index is 349. The summed E-state index contributed by atoms with van der Waals surface area (Å²) in [5.74, 6) is 0. The van der Waals surface area contributed by atoms with E-state index in [0.717, 1.165) is 10.9 Å². The molecule has 0 N–H and O–H groups in total. The number of rotatable bonds is 1. The molecular weight excluding hydrogens is 207 g/mol. The first-order valence-corrected chi connectivity index (χ1v) is 3.50. The van der Waals surface area contributed by atoms with Crippen LogP contribution in [0.2, 0.25) is 5.02 Å². The SMILES string of the molecule is N#CCn1cc(Cl)c(C(F)(F)F)n1. The number of nitrogens with zero attached hydrogens (tertiary/aromatic N) is 3. The molecule has 0 aliphatic carbocycles. The molecule has 0 unspecified atom stereocenters. The molecule has 1 aromatic heterocycles. The highest BCUT2D eigenvalue weighted by molar-refractivity contribution is 6.31. The van der Waals surface area contributed by atoms with Crippen LogP contribution in [-0.4, -0.2) is 9.78 Å². The summed E-state index contributed by atoms with van der Waals surface area (Å²) in [6, 6.07) is 1.65. The van der Waals surface area contributed by atoms with Crippen LogP contribution in [0.5, 0.6) is 0 Å². The van der Waals surface area contributed by atoms with E-state index in [9.17, 15) is 13.2 Å². The summed E-state index contributed by atoms with van der Waals surface area (Å²) in [4.78, 5) is 0. The van der Waals surface area contributed by atoms with E-state index in [-0.39, 0.29) is 6.54 Å². The molecule has 0 radical (unpaired) electrons. The Morgan fingerprint density at radius 1 is 1.62 bits per heavy atom. The molecule has 70 valence electrons. The Morgan fingerprint density at radius 2 is 2.23 bits per heavy atom. The predicted molar refractivity (Wildman–Crippen MR) is 37.9 cm³/mol. The van der Waals surface area contributed by atoms with E-state index < -0.39 is 16.9 Å². The highest BCUT2D eigenvalue weighted by Crippen LogP contribution is 2.32. The minimum Gasteiger partial charge on any atom is -0.256 e. The average molecular weight is 210 g/mol. The van der Waals surface area contributed by atoms with Gasteiger partial charge in [0.25, 0.3) is 0 Å². The summed E-state index contributed by atoms with van der Waals surface area (Å²) < 4.78 is 37.0. The third-order valence-electron chi connectivity index (χ3n) is 1.22. The van der Waals surface area contributed by atoms with Crippen molar-refractivity contribution in [1.29, 1.82) is 5.26 Å². The van der Waals surface area contributed by atoms with Gasteiger partial charge in [0.15, 0.2) is 5.69 Å². The largest absolute Gasteiger partial charge is 0.436 e. The number of alkyl halides is 3. The van der Waals surface area contributed by atoms with Gasteiger partial charge < -0.3 is 0 Å². The van der Waals surface area contributed by atoms with Crippen molar-refractivity contribution < 1.29 is 13.2 Å². The quantitative estimate of drug-likeness (QED) is 0.711. The first-order valence-electron chi connectivity index (χ1n) is 3.12. The van der Waals surface area contributed by atoms with Gasteiger partial charge >= 0.3 is 6.18 Å². The number of aromatic nitrogens is 2. The Hall–Kier alpha value is -1.22. The predicted octanol–water partition coefficient (Wildman–Crippen LogP) is 2.08. The molecule has 0 aliphatic heterocycles. The van der Waals surface area contributed by atoms with E-state index in [4.69, 9.17) is 16.9 Å². The number of hydrogen-bond donors (Lipinski definition) is 0. The zero-order chi connectivity index (χ0) is 10.1. The molecule has 3 nitrogen and oxygen atoms in total. The average Bonchev–Trinajstić information content (AvgIpc) is 2.30. The van der Waals surface area contributed by atoms with Crippen molar-refractivity contribution in [3.05, 3.63) is 16.9 Å². The van der Waals surface area contributed by atoms with Crippen LogP contribution in [0.3, 0.4) is 0 Å². The summed E-state index contributed by atoms with van der Waals surface area (Å²) >= 11 is 5.25. The maximum atomic E-state index is 12.1. The molecule has 0 atom stereocenters. The van der Waals surface area contributed by atoms with E-state index in [1.165, 1.54) is 0 Å². The molecule has 7 heteroatoms. The van der Waals surface area contributed by atoms with Gasteiger partial charge in [0.1, 0.15) is 6.54 Å². The minimum atomic E-state index is -4.57. The molecule has 0 saturated carbocycles. The first-order chi connectivity index (χ1) is 5.95. The molecule has 0 amide bonds. The van der Waals surface area contributed by atoms with Gasteiger partial charge in [0.2, 0.25) is 0 Å². The van der Waals surface area contributed by atoms with Crippen LogP contribution < -0.4 is 0 Å². The summed E-state index contributed by atoms with van der Waals surface area (Å²) in [7, 11) is 0. The Morgan fingerprint density at radius 3 is 2.62 bits per heavy atom. The molecule has 13 heavy (non-hydrogen) atoms. The van der Waals surface area contributed by atoms with Crippen LogP contribution in [0, 0.1) is 11.3 Å². The van der Waals surface area contributed by atoms with E-state index >= 15 is 0 Å². The van der Waals surface area contributed by atoms with Crippen LogP contribution in [0.1, 0.15) is 5.69 Å². The second kappa shape index (κ2) is 3.26. The summed E-state index contributed by atoms with van der Waals surface area (Å²) in [6.45, 7) is -0.254. The van der Waals surface area contributed by atoms with Crippen molar-refractivity contribution in [3.8, 4) is 6.07 Å². The number of hydrogen-bond acceptors (Lipinski definition) is 2. The maximum absolute atomic E-state index is 12.1. The molecule has 0 bridgehead atoms. The first kappa shape index (κ1) is 9.86. The molecule has 0 aliphatic rings. The lowest BCUT2D eigenvalue weighted by atomic mass is 10.4. The molecule has 0 fully saturated rings. The van der Waals surface area contributed by atoms with Crippen LogP contribution in [0.25, 0.3) is 0 Å². The lowest BCUT2D eigenvalue weighted by Crippen LogP contribution is -2.08. The molecule has 1 rings (SSSR count). The Labute approximate surface area is 76.3 Å². The van der Waals surface area contributed by atoms with Gasteiger partial charge in [-0.3, -0.25) is 4.68 Å². The van der Waals surface area contributed by atoms with E-state index in [2.05, 4.69) is 5.10 Å². The second-order valence-corrected chi connectivity index (χ2v) is 2.59. The van der Waals surface area contributed by atoms with E-state index in [1.807, 2.05) is 0 Å². The van der Waals surface area contributed by atoms with Gasteiger partial charge in [0, 0.05) is 6.20 Å². The zero-order valence-corrected chi connectivity index (χ0v) is 6.89. The second-order valence-electron chi connectivity index (χ2n) is 2.18. The van der Waals surface area contributed by atoms with Crippen LogP contribution >= 0.6 is 11.6 Å². The highest BCUT2D eigenvalue weighted by atomic mass is 35.5. The summed E-state index contributed by atoms with van der Waals surface area (Å²) in [5.41, 5.74) is -1.16. The van der Waals surface area contributed by atoms with Gasteiger partial charge in [-0.05, 0) is 0 Å². The third kappa shape index (κ3) is 2.12. The van der Waals surface area contributed by atoms with Crippen molar-refractivity contribution in [2.45, 2.75) is 12.7 Å². The number of nitriles is 1. The zero-order valence-electron chi connectivity index (χ0n) is 6.14. The van der Waals surface area contributed by atoms with Crippen molar-refractivity contribution in [3.63, 3.8) is 0 Å². The normalized spacial score (nSPS) is 11.3. The van der Waals surface area contributed by atoms with Gasteiger partial charge in [-0.25, -0.2) is 0 Å². The van der Waals surface area contributed by atoms with E-state index in [0.29, 0.717) is 0 Å². The fraction of sp³-hybridized carbons (Fsp3) is 0.333. The molecule has 1 aromatic rings. The Kier molecular flexibility index (Phi) is 2.48. The van der Waals surface area contributed by atoms with Gasteiger partial charge in [0.05, 0.1) is 11.1 Å². The summed E-state index contributed by atoms with van der Waals surface area (Å²) in [5, 5.41) is 10.8. The molecule has 0 aromatic carbocycles. The van der Waals surface area contributed by atoms with Crippen LogP contribution in [-0.2, 0) is 12.7 Å². The van der Waals surface area contributed by atoms with Crippen molar-refractivity contribution >= 4 is 11.6 Å². The minimum absolute atomic E-state index is 0.254. The monoisotopic (exact) mass is 209 g/mol. The molecule has 1 heterocycles. The van der Waals surface area contributed by atoms with Crippen LogP contribution in [0.15, 0.2) is 6.20 Å². The lowest BCUT2D eigenvalue weighted by molar-refractivity contribution is -0.141. The Balaban J connectivity index is 3.05. The van der Waals surface area contributed by atoms with E-state index in [1.54, 1.807) is 6.07 Å². The third-order valence-corrected chi connectivity index (χ3v) is 1.49. The van der Waals surface area contributed by atoms with Crippen LogP contribution in [0.4, 0.5) is 13.2 Å². The maximum Gasteiger partial charge on any atom is 0.436 e. The topological polar surface area (TPSA) is 41.6 Å². The van der Waals surface area contributed by atoms with Gasteiger partial charge in [-0.2, -0.15) is 23.5 Å². The fourth-order valence-electron chi connectivity index (χ4n) is 0.743.